The van der Waals surface area contributed by atoms with Crippen LogP contribution in [0.1, 0.15) is 22.3 Å². The Morgan fingerprint density at radius 2 is 2.14 bits per heavy atom. The summed E-state index contributed by atoms with van der Waals surface area (Å²) >= 11 is 1.51. The average Bonchev–Trinajstić information content (AvgIpc) is 3.32. The van der Waals surface area contributed by atoms with E-state index in [0.29, 0.717) is 32.7 Å². The molecular weight excluding hydrogens is 391 g/mol. The van der Waals surface area contributed by atoms with Crippen molar-refractivity contribution in [2.24, 2.45) is 0 Å². The fraction of sp³-hybridized carbons (Fsp3) is 0.381. The van der Waals surface area contributed by atoms with Crippen molar-refractivity contribution < 1.29 is 13.9 Å². The minimum atomic E-state index is -0.302. The fourth-order valence-electron chi connectivity index (χ4n) is 4.17. The Kier molecular flexibility index (Phi) is 4.99. The molecule has 2 aliphatic heterocycles. The summed E-state index contributed by atoms with van der Waals surface area (Å²) < 4.78 is 19.8. The molecule has 5 rings (SSSR count). The van der Waals surface area contributed by atoms with Gasteiger partial charge in [0.2, 0.25) is 0 Å². The Balaban J connectivity index is 1.36. The number of rotatable bonds is 5. The van der Waals surface area contributed by atoms with Gasteiger partial charge in [0.05, 0.1) is 40.2 Å². The van der Waals surface area contributed by atoms with E-state index in [2.05, 4.69) is 19.8 Å². The maximum atomic E-state index is 13.4. The van der Waals surface area contributed by atoms with E-state index in [1.54, 1.807) is 6.07 Å². The van der Waals surface area contributed by atoms with Gasteiger partial charge in [0.15, 0.2) is 0 Å². The van der Waals surface area contributed by atoms with Gasteiger partial charge >= 0.3 is 0 Å². The number of hydrogen-bond acceptors (Lipinski definition) is 7. The van der Waals surface area contributed by atoms with Crippen molar-refractivity contribution >= 4 is 33.5 Å². The largest absolute Gasteiger partial charge is 0.378 e. The van der Waals surface area contributed by atoms with Crippen molar-refractivity contribution in [2.75, 3.05) is 37.7 Å². The van der Waals surface area contributed by atoms with Gasteiger partial charge in [-0.05, 0) is 24.3 Å². The number of morpholine rings is 1. The number of aromatic nitrogens is 2. The van der Waals surface area contributed by atoms with Gasteiger partial charge in [-0.15, -0.1) is 11.3 Å². The number of benzene rings is 1. The number of halogens is 1. The summed E-state index contributed by atoms with van der Waals surface area (Å²) in [5, 5.41) is 0.951. The Hall–Kier alpha value is -2.42. The monoisotopic (exact) mass is 412 g/mol. The minimum Gasteiger partial charge on any atom is -0.378 e. The predicted octanol–water partition coefficient (Wildman–Crippen LogP) is 2.97. The number of nitrogens with zero attached hydrogens (tertiary/aromatic N) is 4. The summed E-state index contributed by atoms with van der Waals surface area (Å²) in [6.07, 6.45) is 3.56. The molecule has 1 aromatic carbocycles. The van der Waals surface area contributed by atoms with Crippen LogP contribution in [0.15, 0.2) is 30.5 Å². The van der Waals surface area contributed by atoms with Crippen LogP contribution in [0.25, 0.3) is 10.2 Å². The highest BCUT2D eigenvalue weighted by molar-refractivity contribution is 7.18. The van der Waals surface area contributed by atoms with Gasteiger partial charge in [-0.1, -0.05) is 0 Å². The quantitative estimate of drug-likeness (QED) is 0.601. The molecule has 150 valence electrons. The van der Waals surface area contributed by atoms with Crippen LogP contribution >= 0.6 is 11.3 Å². The van der Waals surface area contributed by atoms with Crippen LogP contribution in [-0.4, -0.2) is 54.0 Å². The van der Waals surface area contributed by atoms with Crippen LogP contribution in [-0.2, 0) is 22.5 Å². The first-order valence-electron chi connectivity index (χ1n) is 9.78. The van der Waals surface area contributed by atoms with E-state index in [1.807, 2.05) is 12.3 Å². The van der Waals surface area contributed by atoms with Crippen molar-refractivity contribution in [2.45, 2.75) is 19.0 Å². The molecule has 29 heavy (non-hydrogen) atoms. The van der Waals surface area contributed by atoms with E-state index < -0.39 is 0 Å². The van der Waals surface area contributed by atoms with Crippen molar-refractivity contribution in [3.8, 4) is 0 Å². The molecule has 2 aliphatic rings. The Morgan fingerprint density at radius 1 is 1.28 bits per heavy atom. The Labute approximate surface area is 171 Å². The number of fused-ring (bicyclic) bond motifs is 2. The van der Waals surface area contributed by atoms with Crippen LogP contribution in [0, 0.1) is 5.82 Å². The molecule has 0 bridgehead atoms. The number of hydrogen-bond donors (Lipinski definition) is 0. The maximum Gasteiger partial charge on any atom is 0.141 e. The maximum absolute atomic E-state index is 13.4. The smallest absolute Gasteiger partial charge is 0.141 e. The van der Waals surface area contributed by atoms with Gasteiger partial charge in [0.25, 0.3) is 0 Å². The van der Waals surface area contributed by atoms with E-state index in [-0.39, 0.29) is 11.9 Å². The van der Waals surface area contributed by atoms with Crippen LogP contribution in [0.4, 0.5) is 10.1 Å². The number of anilines is 1. The van der Waals surface area contributed by atoms with Gasteiger partial charge in [0.1, 0.15) is 12.1 Å². The topological polar surface area (TPSA) is 58.6 Å². The lowest BCUT2D eigenvalue weighted by molar-refractivity contribution is -0.112. The van der Waals surface area contributed by atoms with Gasteiger partial charge < -0.3 is 14.4 Å². The van der Waals surface area contributed by atoms with E-state index in [9.17, 15) is 9.18 Å². The summed E-state index contributed by atoms with van der Waals surface area (Å²) in [5.41, 5.74) is 3.90. The molecule has 0 radical (unpaired) electrons. The van der Waals surface area contributed by atoms with Crippen LogP contribution in [0.3, 0.4) is 0 Å². The lowest BCUT2D eigenvalue weighted by atomic mass is 10.1. The summed E-state index contributed by atoms with van der Waals surface area (Å²) in [6.45, 7) is 4.39. The van der Waals surface area contributed by atoms with Crippen molar-refractivity contribution in [1.29, 1.82) is 0 Å². The molecule has 3 aromatic rings. The molecule has 0 amide bonds. The molecule has 0 saturated carbocycles. The average molecular weight is 412 g/mol. The zero-order chi connectivity index (χ0) is 19.8. The minimum absolute atomic E-state index is 0.245. The normalized spacial score (nSPS) is 19.6. The summed E-state index contributed by atoms with van der Waals surface area (Å²) in [4.78, 5) is 25.6. The molecule has 8 heteroatoms. The molecule has 4 heterocycles. The molecular formula is C21H21FN4O2S. The molecule has 1 saturated heterocycles. The van der Waals surface area contributed by atoms with E-state index >= 15 is 0 Å². The first kappa shape index (κ1) is 18.6. The second-order valence-electron chi connectivity index (χ2n) is 7.31. The van der Waals surface area contributed by atoms with Gasteiger partial charge in [-0.3, -0.25) is 9.88 Å². The number of carbonyl (C=O) groups excluding carboxylic acids is 1. The first-order valence-corrected chi connectivity index (χ1v) is 10.6. The third kappa shape index (κ3) is 3.52. The Bertz CT molecular complexity index is 1050. The third-order valence-electron chi connectivity index (χ3n) is 5.58. The van der Waals surface area contributed by atoms with Crippen molar-refractivity contribution in [3.05, 3.63) is 52.5 Å². The summed E-state index contributed by atoms with van der Waals surface area (Å²) in [5.74, 6) is -0.245. The van der Waals surface area contributed by atoms with Crippen molar-refractivity contribution in [3.63, 3.8) is 0 Å². The van der Waals surface area contributed by atoms with Crippen LogP contribution in [0.5, 0.6) is 0 Å². The van der Waals surface area contributed by atoms with Crippen LogP contribution in [0.2, 0.25) is 0 Å². The highest BCUT2D eigenvalue weighted by atomic mass is 32.1. The molecule has 0 N–H and O–H groups in total. The second-order valence-corrected chi connectivity index (χ2v) is 8.43. The molecule has 1 fully saturated rings. The number of aldehydes is 1. The molecule has 0 aliphatic carbocycles. The molecule has 1 atom stereocenters. The first-order chi connectivity index (χ1) is 14.2. The predicted molar refractivity (Wildman–Crippen MR) is 110 cm³/mol. The molecule has 1 unspecified atom stereocenters. The van der Waals surface area contributed by atoms with Gasteiger partial charge in [-0.25, -0.2) is 9.37 Å². The van der Waals surface area contributed by atoms with E-state index in [1.165, 1.54) is 23.5 Å². The Morgan fingerprint density at radius 3 is 2.97 bits per heavy atom. The van der Waals surface area contributed by atoms with Crippen LogP contribution < -0.4 is 4.90 Å². The SMILES string of the molecule is O=CC1c2c(N3CCOCC3)ccnc2CN1CCc1nc2ccc(F)cc2s1. The van der Waals surface area contributed by atoms with Gasteiger partial charge in [-0.2, -0.15) is 0 Å². The zero-order valence-corrected chi connectivity index (χ0v) is 16.7. The third-order valence-corrected chi connectivity index (χ3v) is 6.66. The summed E-state index contributed by atoms with van der Waals surface area (Å²) in [6, 6.07) is 6.37. The standard InChI is InChI=1S/C21H21FN4O2S/c22-14-1-2-15-19(11-14)29-20(24-15)4-6-26-12-16-21(18(26)13-27)17(3-5-23-16)25-7-9-28-10-8-25/h1-3,5,11,13,18H,4,6-10,12H2. The highest BCUT2D eigenvalue weighted by Crippen LogP contribution is 2.38. The number of pyridine rings is 1. The van der Waals surface area contributed by atoms with E-state index in [0.717, 1.165) is 51.5 Å². The van der Waals surface area contributed by atoms with Gasteiger partial charge in [0, 0.05) is 50.0 Å². The molecule has 2 aromatic heterocycles. The number of carbonyl (C=O) groups is 1. The lowest BCUT2D eigenvalue weighted by Crippen LogP contribution is -2.37. The molecule has 0 spiro atoms. The van der Waals surface area contributed by atoms with E-state index in [4.69, 9.17) is 4.74 Å². The summed E-state index contributed by atoms with van der Waals surface area (Å²) in [7, 11) is 0. The number of ether oxygens (including phenoxy) is 1. The second kappa shape index (κ2) is 7.78. The molecule has 6 nitrogen and oxygen atoms in total. The lowest BCUT2D eigenvalue weighted by Gasteiger charge is -2.31. The highest BCUT2D eigenvalue weighted by Gasteiger charge is 2.34. The fourth-order valence-corrected chi connectivity index (χ4v) is 5.15. The van der Waals surface area contributed by atoms with Crippen molar-refractivity contribution in [1.82, 2.24) is 14.9 Å². The number of thiazole rings is 1. The zero-order valence-electron chi connectivity index (χ0n) is 15.9.